The molecule has 0 aromatic heterocycles. The molecule has 4 heteroatoms. The number of nitrogens with zero attached hydrogens (tertiary/aromatic N) is 2. The van der Waals surface area contributed by atoms with E-state index in [0.717, 1.165) is 19.4 Å². The van der Waals surface area contributed by atoms with Crippen LogP contribution in [0.1, 0.15) is 25.7 Å². The molecule has 2 amide bonds. The Hall–Kier alpha value is -0.770. The molecule has 0 radical (unpaired) electrons. The van der Waals surface area contributed by atoms with Gasteiger partial charge in [-0.05, 0) is 39.3 Å². The predicted octanol–water partition coefficient (Wildman–Crippen LogP) is 0.884. The van der Waals surface area contributed by atoms with Gasteiger partial charge in [0.1, 0.15) is 0 Å². The first-order chi connectivity index (χ1) is 7.16. The molecule has 1 saturated heterocycles. The molecule has 1 N–H and O–H groups in total. The molecule has 1 aliphatic heterocycles. The highest BCUT2D eigenvalue weighted by molar-refractivity contribution is 5.74. The first kappa shape index (κ1) is 10.7. The second kappa shape index (κ2) is 4.39. The number of urea groups is 1. The highest BCUT2D eigenvalue weighted by Crippen LogP contribution is 2.19. The summed E-state index contributed by atoms with van der Waals surface area (Å²) in [7, 11) is 4.04. The van der Waals surface area contributed by atoms with Gasteiger partial charge in [0, 0.05) is 25.7 Å². The molecule has 86 valence electrons. The van der Waals surface area contributed by atoms with Crippen molar-refractivity contribution in [2.75, 3.05) is 27.2 Å². The molecule has 4 nitrogen and oxygen atoms in total. The molecular formula is C11H21N3O. The van der Waals surface area contributed by atoms with Crippen LogP contribution >= 0.6 is 0 Å². The zero-order chi connectivity index (χ0) is 10.8. The molecule has 1 atom stereocenters. The van der Waals surface area contributed by atoms with E-state index in [4.69, 9.17) is 0 Å². The van der Waals surface area contributed by atoms with E-state index in [1.54, 1.807) is 0 Å². The number of carbonyl (C=O) groups is 1. The van der Waals surface area contributed by atoms with Gasteiger partial charge in [0.25, 0.3) is 0 Å². The van der Waals surface area contributed by atoms with Gasteiger partial charge in [-0.2, -0.15) is 0 Å². The topological polar surface area (TPSA) is 35.6 Å². The van der Waals surface area contributed by atoms with Crippen LogP contribution in [0.4, 0.5) is 4.79 Å². The summed E-state index contributed by atoms with van der Waals surface area (Å²) >= 11 is 0. The van der Waals surface area contributed by atoms with E-state index in [0.29, 0.717) is 12.1 Å². The maximum atomic E-state index is 11.7. The standard InChI is InChI=1S/C11H21N3O/c1-13-7-3-4-10(13)8-14(2)11(15)12-9-5-6-9/h9-10H,3-8H2,1-2H3,(H,12,15). The minimum Gasteiger partial charge on any atom is -0.335 e. The van der Waals surface area contributed by atoms with Crippen molar-refractivity contribution in [3.05, 3.63) is 0 Å². The second-order valence-electron chi connectivity index (χ2n) is 4.88. The lowest BCUT2D eigenvalue weighted by atomic mass is 10.2. The van der Waals surface area contributed by atoms with Gasteiger partial charge in [-0.1, -0.05) is 0 Å². The van der Waals surface area contributed by atoms with Crippen LogP contribution in [-0.4, -0.2) is 55.1 Å². The third-order valence-electron chi connectivity index (χ3n) is 3.41. The lowest BCUT2D eigenvalue weighted by Crippen LogP contribution is -2.44. The molecule has 2 fully saturated rings. The predicted molar refractivity (Wildman–Crippen MR) is 59.8 cm³/mol. The molecular weight excluding hydrogens is 190 g/mol. The number of hydrogen-bond donors (Lipinski definition) is 1. The van der Waals surface area contributed by atoms with Gasteiger partial charge in [0.2, 0.25) is 0 Å². The number of amides is 2. The molecule has 0 spiro atoms. The number of hydrogen-bond acceptors (Lipinski definition) is 2. The Morgan fingerprint density at radius 2 is 2.20 bits per heavy atom. The zero-order valence-electron chi connectivity index (χ0n) is 9.70. The number of likely N-dealkylation sites (N-methyl/N-ethyl adjacent to an activating group) is 2. The van der Waals surface area contributed by atoms with Crippen molar-refractivity contribution in [3.8, 4) is 0 Å². The van der Waals surface area contributed by atoms with Crippen LogP contribution in [0, 0.1) is 0 Å². The zero-order valence-corrected chi connectivity index (χ0v) is 9.70. The summed E-state index contributed by atoms with van der Waals surface area (Å²) in [4.78, 5) is 15.9. The van der Waals surface area contributed by atoms with E-state index in [1.807, 2.05) is 11.9 Å². The Morgan fingerprint density at radius 1 is 1.47 bits per heavy atom. The molecule has 0 bridgehead atoms. The van der Waals surface area contributed by atoms with Crippen molar-refractivity contribution in [1.82, 2.24) is 15.1 Å². The molecule has 2 rings (SSSR count). The van der Waals surface area contributed by atoms with E-state index >= 15 is 0 Å². The van der Waals surface area contributed by atoms with Gasteiger partial charge in [0.05, 0.1) is 0 Å². The Kier molecular flexibility index (Phi) is 3.14. The largest absolute Gasteiger partial charge is 0.335 e. The first-order valence-electron chi connectivity index (χ1n) is 5.88. The van der Waals surface area contributed by atoms with E-state index in [2.05, 4.69) is 17.3 Å². The smallest absolute Gasteiger partial charge is 0.317 e. The number of carbonyl (C=O) groups excluding carboxylic acids is 1. The van der Waals surface area contributed by atoms with Gasteiger partial charge in [-0.3, -0.25) is 0 Å². The molecule has 2 aliphatic rings. The fourth-order valence-corrected chi connectivity index (χ4v) is 2.12. The molecule has 15 heavy (non-hydrogen) atoms. The maximum absolute atomic E-state index is 11.7. The van der Waals surface area contributed by atoms with Gasteiger partial charge in [0.15, 0.2) is 0 Å². The van der Waals surface area contributed by atoms with Crippen LogP contribution in [0.25, 0.3) is 0 Å². The van der Waals surface area contributed by atoms with Crippen LogP contribution in [-0.2, 0) is 0 Å². The van der Waals surface area contributed by atoms with E-state index in [1.165, 1.54) is 19.4 Å². The SMILES string of the molecule is CN(CC1CCCN1C)C(=O)NC1CC1. The summed E-state index contributed by atoms with van der Waals surface area (Å²) in [6.45, 7) is 2.03. The third kappa shape index (κ3) is 2.84. The fraction of sp³-hybridized carbons (Fsp3) is 0.909. The lowest BCUT2D eigenvalue weighted by Gasteiger charge is -2.26. The van der Waals surface area contributed by atoms with Crippen molar-refractivity contribution >= 4 is 6.03 Å². The summed E-state index contributed by atoms with van der Waals surface area (Å²) in [6.07, 6.45) is 4.79. The van der Waals surface area contributed by atoms with Crippen molar-refractivity contribution in [3.63, 3.8) is 0 Å². The molecule has 1 heterocycles. The first-order valence-corrected chi connectivity index (χ1v) is 5.88. The van der Waals surface area contributed by atoms with Gasteiger partial charge >= 0.3 is 6.03 Å². The third-order valence-corrected chi connectivity index (χ3v) is 3.41. The Balaban J connectivity index is 1.74. The minimum atomic E-state index is 0.0952. The quantitative estimate of drug-likeness (QED) is 0.752. The number of likely N-dealkylation sites (tertiary alicyclic amines) is 1. The van der Waals surface area contributed by atoms with Crippen molar-refractivity contribution in [2.24, 2.45) is 0 Å². The van der Waals surface area contributed by atoms with Crippen molar-refractivity contribution in [2.45, 2.75) is 37.8 Å². The Labute approximate surface area is 91.6 Å². The highest BCUT2D eigenvalue weighted by atomic mass is 16.2. The second-order valence-corrected chi connectivity index (χ2v) is 4.88. The lowest BCUT2D eigenvalue weighted by molar-refractivity contribution is 0.189. The molecule has 1 unspecified atom stereocenters. The van der Waals surface area contributed by atoms with Gasteiger partial charge < -0.3 is 15.1 Å². The van der Waals surface area contributed by atoms with Crippen LogP contribution in [0.3, 0.4) is 0 Å². The molecule has 1 saturated carbocycles. The molecule has 0 aromatic carbocycles. The Bertz CT molecular complexity index is 240. The maximum Gasteiger partial charge on any atom is 0.317 e. The van der Waals surface area contributed by atoms with Crippen LogP contribution in [0.2, 0.25) is 0 Å². The average Bonchev–Trinajstić information content (AvgIpc) is 2.92. The summed E-state index contributed by atoms with van der Waals surface area (Å²) in [6, 6.07) is 1.11. The average molecular weight is 211 g/mol. The molecule has 1 aliphatic carbocycles. The summed E-state index contributed by atoms with van der Waals surface area (Å²) in [5.74, 6) is 0. The monoisotopic (exact) mass is 211 g/mol. The van der Waals surface area contributed by atoms with E-state index < -0.39 is 0 Å². The van der Waals surface area contributed by atoms with Gasteiger partial charge in [-0.15, -0.1) is 0 Å². The van der Waals surface area contributed by atoms with E-state index in [9.17, 15) is 4.79 Å². The summed E-state index contributed by atoms with van der Waals surface area (Å²) in [5.41, 5.74) is 0. The van der Waals surface area contributed by atoms with Crippen molar-refractivity contribution in [1.29, 1.82) is 0 Å². The van der Waals surface area contributed by atoms with Crippen LogP contribution in [0.5, 0.6) is 0 Å². The van der Waals surface area contributed by atoms with Crippen LogP contribution in [0.15, 0.2) is 0 Å². The molecule has 0 aromatic rings. The number of rotatable bonds is 3. The fourth-order valence-electron chi connectivity index (χ4n) is 2.12. The van der Waals surface area contributed by atoms with E-state index in [-0.39, 0.29) is 6.03 Å². The Morgan fingerprint density at radius 3 is 2.73 bits per heavy atom. The van der Waals surface area contributed by atoms with Gasteiger partial charge in [-0.25, -0.2) is 4.79 Å². The summed E-state index contributed by atoms with van der Waals surface area (Å²) in [5, 5.41) is 3.01. The minimum absolute atomic E-state index is 0.0952. The van der Waals surface area contributed by atoms with Crippen LogP contribution < -0.4 is 5.32 Å². The highest BCUT2D eigenvalue weighted by Gasteiger charge is 2.27. The summed E-state index contributed by atoms with van der Waals surface area (Å²) < 4.78 is 0. The normalized spacial score (nSPS) is 26.7. The number of nitrogens with one attached hydrogen (secondary N) is 1. The van der Waals surface area contributed by atoms with Crippen molar-refractivity contribution < 1.29 is 4.79 Å².